The fourth-order valence-corrected chi connectivity index (χ4v) is 8.18. The van der Waals surface area contributed by atoms with Crippen LogP contribution in [0.1, 0.15) is 63.7 Å². The van der Waals surface area contributed by atoms with Gasteiger partial charge in [-0.1, -0.05) is 109 Å². The van der Waals surface area contributed by atoms with Gasteiger partial charge in [-0.3, -0.25) is 0 Å². The van der Waals surface area contributed by atoms with Crippen molar-refractivity contribution in [3.8, 4) is 23.0 Å². The van der Waals surface area contributed by atoms with E-state index in [2.05, 4.69) is 24.3 Å². The molecule has 8 aromatic carbocycles. The summed E-state index contributed by atoms with van der Waals surface area (Å²) in [4.78, 5) is 50.1. The van der Waals surface area contributed by atoms with Gasteiger partial charge in [-0.25, -0.2) is 19.2 Å². The Hall–Kier alpha value is -7.84. The zero-order valence-electron chi connectivity index (χ0n) is 29.9. The maximum Gasteiger partial charge on any atom is 0.346 e. The summed E-state index contributed by atoms with van der Waals surface area (Å²) in [5.41, 5.74) is 4.53. The monoisotopic (exact) mass is 744 g/mol. The highest BCUT2D eigenvalue weighted by Crippen LogP contribution is 2.47. The van der Waals surface area contributed by atoms with Gasteiger partial charge in [-0.2, -0.15) is 0 Å². The molecule has 0 N–H and O–H groups in total. The molecule has 8 aromatic rings. The van der Waals surface area contributed by atoms with E-state index < -0.39 is 29.3 Å². The van der Waals surface area contributed by atoms with Crippen LogP contribution >= 0.6 is 0 Å². The van der Waals surface area contributed by atoms with Crippen molar-refractivity contribution in [2.24, 2.45) is 0 Å². The zero-order valence-corrected chi connectivity index (χ0v) is 29.9. The van der Waals surface area contributed by atoms with Crippen LogP contribution < -0.4 is 9.47 Å². The summed E-state index contributed by atoms with van der Waals surface area (Å²) in [6, 6.07) is 53.5. The normalized spacial score (nSPS) is 13.3. The van der Waals surface area contributed by atoms with Crippen molar-refractivity contribution >= 4 is 45.4 Å². The Labute approximate surface area is 325 Å². The first-order valence-corrected chi connectivity index (χ1v) is 18.2. The lowest BCUT2D eigenvalue weighted by Gasteiger charge is -2.37. The molecule has 0 amide bonds. The van der Waals surface area contributed by atoms with E-state index in [9.17, 15) is 19.2 Å². The molecule has 0 saturated carbocycles. The molecule has 0 bridgehead atoms. The third-order valence-electron chi connectivity index (χ3n) is 10.7. The Morgan fingerprint density at radius 1 is 0.333 bits per heavy atom. The minimum atomic E-state index is -0.776. The summed E-state index contributed by atoms with van der Waals surface area (Å²) in [5, 5.41) is 2.29. The molecule has 57 heavy (non-hydrogen) atoms. The van der Waals surface area contributed by atoms with E-state index in [1.54, 1.807) is 48.5 Å². The molecule has 0 spiro atoms. The first-order valence-electron chi connectivity index (χ1n) is 18.2. The van der Waals surface area contributed by atoms with E-state index in [4.69, 9.17) is 18.9 Å². The van der Waals surface area contributed by atoms with Gasteiger partial charge < -0.3 is 18.9 Å². The van der Waals surface area contributed by atoms with E-state index in [0.717, 1.165) is 22.3 Å². The molecule has 0 fully saturated rings. The lowest BCUT2D eigenvalue weighted by atomic mass is 9.65. The fourth-order valence-electron chi connectivity index (χ4n) is 8.18. The predicted octanol–water partition coefficient (Wildman–Crippen LogP) is 10.6. The smallest absolute Gasteiger partial charge is 0.346 e. The van der Waals surface area contributed by atoms with Gasteiger partial charge in [0.25, 0.3) is 0 Å². The van der Waals surface area contributed by atoms with E-state index in [1.165, 1.54) is 0 Å². The van der Waals surface area contributed by atoms with Crippen LogP contribution in [0.2, 0.25) is 0 Å². The van der Waals surface area contributed by atoms with Crippen LogP contribution in [-0.2, 0) is 14.9 Å². The van der Waals surface area contributed by atoms with Crippen LogP contribution in [-0.4, -0.2) is 23.9 Å². The van der Waals surface area contributed by atoms with Crippen LogP contribution in [0.5, 0.6) is 23.0 Å². The molecule has 0 aliphatic carbocycles. The van der Waals surface area contributed by atoms with Crippen molar-refractivity contribution in [3.63, 3.8) is 0 Å². The quantitative estimate of drug-likeness (QED) is 0.0860. The van der Waals surface area contributed by atoms with Crippen molar-refractivity contribution in [1.29, 1.82) is 0 Å². The number of carbonyl (C=O) groups excluding carboxylic acids is 4. The number of rotatable bonds is 8. The van der Waals surface area contributed by atoms with Gasteiger partial charge in [0.1, 0.15) is 23.0 Å². The first-order chi connectivity index (χ1) is 27.9. The van der Waals surface area contributed by atoms with E-state index in [1.807, 2.05) is 97.1 Å². The third kappa shape index (κ3) is 5.38. The second-order valence-electron chi connectivity index (χ2n) is 13.8. The maximum atomic E-state index is 12.5. The number of hydrogen-bond acceptors (Lipinski definition) is 8. The Balaban J connectivity index is 1.05. The van der Waals surface area contributed by atoms with Crippen molar-refractivity contribution in [1.82, 2.24) is 0 Å². The summed E-state index contributed by atoms with van der Waals surface area (Å²) in [5.74, 6) is -0.584. The summed E-state index contributed by atoms with van der Waals surface area (Å²) in [6.07, 6.45) is 0. The average Bonchev–Trinajstić information content (AvgIpc) is 3.25. The summed E-state index contributed by atoms with van der Waals surface area (Å²) < 4.78 is 22.8. The van der Waals surface area contributed by atoms with Gasteiger partial charge in [0.2, 0.25) is 0 Å². The number of esters is 4. The molecule has 8 nitrogen and oxygen atoms in total. The van der Waals surface area contributed by atoms with Crippen LogP contribution in [0.15, 0.2) is 170 Å². The Morgan fingerprint density at radius 3 is 1.07 bits per heavy atom. The minimum absolute atomic E-state index is 0.318. The molecule has 0 unspecified atom stereocenters. The van der Waals surface area contributed by atoms with Crippen molar-refractivity contribution in [2.45, 2.75) is 5.41 Å². The van der Waals surface area contributed by atoms with Gasteiger partial charge in [-0.05, 0) is 82.9 Å². The van der Waals surface area contributed by atoms with Gasteiger partial charge in [0.15, 0.2) is 0 Å². The van der Waals surface area contributed by atoms with Gasteiger partial charge in [0, 0.05) is 21.5 Å². The molecule has 0 aromatic heterocycles. The predicted molar refractivity (Wildman–Crippen MR) is 212 cm³/mol. The average molecular weight is 745 g/mol. The molecule has 0 atom stereocenters. The van der Waals surface area contributed by atoms with Crippen molar-refractivity contribution < 1.29 is 38.1 Å². The van der Waals surface area contributed by atoms with Crippen molar-refractivity contribution in [3.05, 3.63) is 214 Å². The lowest BCUT2D eigenvalue weighted by molar-refractivity contribution is 0.0373. The molecule has 2 aliphatic rings. The van der Waals surface area contributed by atoms with Crippen LogP contribution in [0, 0.1) is 0 Å². The van der Waals surface area contributed by atoms with Crippen LogP contribution in [0.4, 0.5) is 0 Å². The maximum absolute atomic E-state index is 12.5. The van der Waals surface area contributed by atoms with Gasteiger partial charge >= 0.3 is 23.9 Å². The summed E-state index contributed by atoms with van der Waals surface area (Å²) in [6.45, 7) is 0. The highest BCUT2D eigenvalue weighted by Gasteiger charge is 2.38. The molecule has 2 aliphatic heterocycles. The Bertz CT molecular complexity index is 2710. The number of ether oxygens (including phenoxy) is 4. The Kier molecular flexibility index (Phi) is 7.79. The van der Waals surface area contributed by atoms with Crippen LogP contribution in [0.25, 0.3) is 21.5 Å². The minimum Gasteiger partial charge on any atom is -0.457 e. The molecular weight excluding hydrogens is 717 g/mol. The standard InChI is InChI=1S/C49H28O8/c50-45-37-15-7-13-35-41(27-25-39(43(35)37)47(52)56-45)54-33-21-17-31(18-22-33)49(29-9-3-1-4-10-29,30-11-5-2-6-12-30)32-19-23-34(24-20-32)55-42-28-26-40-44-36(42)14-8-16-38(44)46(51)57-48(40)53/h1-28H. The SMILES string of the molecule is O=C1OC(=O)c2ccc(Oc3ccc(C(c4ccccc4)(c4ccccc4)c4ccc(Oc5ccc6c7c(cccc57)C(=O)OC6=O)cc4)cc3)c3cccc1c23. The second-order valence-corrected chi connectivity index (χ2v) is 13.8. The number of benzene rings is 8. The molecule has 8 heteroatoms. The molecule has 10 rings (SSSR count). The van der Waals surface area contributed by atoms with Crippen LogP contribution in [0.3, 0.4) is 0 Å². The lowest BCUT2D eigenvalue weighted by Crippen LogP contribution is -2.30. The largest absolute Gasteiger partial charge is 0.457 e. The number of cyclic esters (lactones) is 4. The van der Waals surface area contributed by atoms with E-state index >= 15 is 0 Å². The summed E-state index contributed by atoms with van der Waals surface area (Å²) >= 11 is 0. The summed E-state index contributed by atoms with van der Waals surface area (Å²) in [7, 11) is 0. The number of hydrogen-bond donors (Lipinski definition) is 0. The van der Waals surface area contributed by atoms with Gasteiger partial charge in [-0.15, -0.1) is 0 Å². The second kappa shape index (κ2) is 13.2. The first kappa shape index (κ1) is 33.7. The molecule has 272 valence electrons. The number of carbonyl (C=O) groups is 4. The Morgan fingerprint density at radius 2 is 0.684 bits per heavy atom. The topological polar surface area (TPSA) is 105 Å². The van der Waals surface area contributed by atoms with E-state index in [-0.39, 0.29) is 0 Å². The molecule has 2 heterocycles. The molecular formula is C49H28O8. The molecule has 0 saturated heterocycles. The highest BCUT2D eigenvalue weighted by atomic mass is 16.6. The third-order valence-corrected chi connectivity index (χ3v) is 10.7. The zero-order chi connectivity index (χ0) is 38.7. The fraction of sp³-hybridized carbons (Fsp3) is 0.0204. The van der Waals surface area contributed by atoms with Gasteiger partial charge in [0.05, 0.1) is 27.7 Å². The van der Waals surface area contributed by atoms with E-state index in [0.29, 0.717) is 66.8 Å². The van der Waals surface area contributed by atoms with Crippen molar-refractivity contribution in [2.75, 3.05) is 0 Å². The highest BCUT2D eigenvalue weighted by molar-refractivity contribution is 6.22. The molecule has 0 radical (unpaired) electrons.